The van der Waals surface area contributed by atoms with E-state index in [0.29, 0.717) is 28.0 Å². The van der Waals surface area contributed by atoms with Crippen molar-refractivity contribution in [2.75, 3.05) is 27.7 Å². The number of ketones is 2. The number of hydrogen-bond acceptors (Lipinski definition) is 3. The lowest BCUT2D eigenvalue weighted by atomic mass is 10.0. The number of nitrogens with zero attached hydrogens (tertiary/aromatic N) is 1. The number of unbranched alkanes of at least 4 members (excludes halogenated alkanes) is 1. The first-order valence-corrected chi connectivity index (χ1v) is 9.03. The first-order chi connectivity index (χ1) is 12.3. The molecule has 4 nitrogen and oxygen atoms in total. The number of quaternary nitrogens is 1. The molecule has 0 aliphatic carbocycles. The maximum Gasteiger partial charge on any atom is 0.174 e. The molecular weight excluding hydrogens is 326 g/mol. The average Bonchev–Trinajstić information content (AvgIpc) is 2.61. The summed E-state index contributed by atoms with van der Waals surface area (Å²) >= 11 is 0. The second kappa shape index (κ2) is 8.77. The molecule has 0 radical (unpaired) electrons. The molecule has 0 bridgehead atoms. The van der Waals surface area contributed by atoms with Crippen LogP contribution in [0.15, 0.2) is 48.5 Å². The van der Waals surface area contributed by atoms with Crippen LogP contribution in [0.1, 0.15) is 46.9 Å². The molecule has 0 atom stereocenters. The van der Waals surface area contributed by atoms with E-state index in [0.717, 1.165) is 18.5 Å². The van der Waals surface area contributed by atoms with Crippen molar-refractivity contribution in [3.63, 3.8) is 0 Å². The van der Waals surface area contributed by atoms with E-state index >= 15 is 0 Å². The molecule has 0 unspecified atom stereocenters. The molecule has 4 heteroatoms. The summed E-state index contributed by atoms with van der Waals surface area (Å²) in [4.78, 5) is 25.1. The predicted octanol–water partition coefficient (Wildman–Crippen LogP) is 4.52. The molecule has 26 heavy (non-hydrogen) atoms. The van der Waals surface area contributed by atoms with Crippen molar-refractivity contribution < 1.29 is 14.3 Å². The molecule has 0 saturated heterocycles. The Kier molecular flexibility index (Phi) is 6.70. The minimum absolute atomic E-state index is 0.155. The van der Waals surface area contributed by atoms with Gasteiger partial charge in [-0.05, 0) is 42.8 Å². The van der Waals surface area contributed by atoms with Gasteiger partial charge in [-0.2, -0.15) is 0 Å². The largest absolute Gasteiger partial charge is 0.493 e. The highest BCUT2D eigenvalue weighted by molar-refractivity contribution is 6.14. The monoisotopic (exact) mass is 354 g/mol. The fraction of sp³-hybridized carbons (Fsp3) is 0.364. The third-order valence-electron chi connectivity index (χ3n) is 4.23. The van der Waals surface area contributed by atoms with E-state index in [1.54, 1.807) is 30.3 Å². The maximum absolute atomic E-state index is 12.6. The smallest absolute Gasteiger partial charge is 0.174 e. The lowest BCUT2D eigenvalue weighted by Crippen LogP contribution is -2.34. The van der Waals surface area contributed by atoms with Gasteiger partial charge in [-0.25, -0.2) is 0 Å². The highest BCUT2D eigenvalue weighted by atomic mass is 16.5. The zero-order valence-corrected chi connectivity index (χ0v) is 16.1. The van der Waals surface area contributed by atoms with Gasteiger partial charge in [0, 0.05) is 5.56 Å². The Bertz CT molecular complexity index is 758. The molecule has 0 aliphatic heterocycles. The van der Waals surface area contributed by atoms with Crippen LogP contribution in [0.4, 0.5) is 5.69 Å². The molecule has 0 fully saturated rings. The second-order valence-electron chi connectivity index (χ2n) is 7.28. The fourth-order valence-electron chi connectivity index (χ4n) is 2.59. The Morgan fingerprint density at radius 1 is 0.923 bits per heavy atom. The van der Waals surface area contributed by atoms with Gasteiger partial charge in [0.1, 0.15) is 11.4 Å². The van der Waals surface area contributed by atoms with Gasteiger partial charge < -0.3 is 4.74 Å². The van der Waals surface area contributed by atoms with E-state index in [1.807, 2.05) is 18.2 Å². The topological polar surface area (TPSA) is 43.4 Å². The average molecular weight is 354 g/mol. The molecular formula is C22H28NO3+. The van der Waals surface area contributed by atoms with Crippen LogP contribution in [-0.4, -0.2) is 39.3 Å². The van der Waals surface area contributed by atoms with E-state index in [9.17, 15) is 9.59 Å². The number of benzene rings is 2. The van der Waals surface area contributed by atoms with E-state index in [1.165, 1.54) is 0 Å². The van der Waals surface area contributed by atoms with Gasteiger partial charge in [0.25, 0.3) is 0 Å². The van der Waals surface area contributed by atoms with Crippen molar-refractivity contribution in [1.29, 1.82) is 0 Å². The Balaban J connectivity index is 2.09. The summed E-state index contributed by atoms with van der Waals surface area (Å²) in [5, 5.41) is 0. The van der Waals surface area contributed by atoms with Crippen LogP contribution in [0.25, 0.3) is 0 Å². The standard InChI is InChI=1S/C22H28NO3/c1-5-6-15-26-22-10-8-7-9-19(22)21(25)16-20(24)17-11-13-18(14-12-17)23(2,3)4/h7-14H,5-6,15-16H2,1-4H3/q+1. The summed E-state index contributed by atoms with van der Waals surface area (Å²) in [6, 6.07) is 14.6. The van der Waals surface area contributed by atoms with Crippen LogP contribution in [0.2, 0.25) is 0 Å². The zero-order chi connectivity index (χ0) is 19.2. The number of hydrogen-bond donors (Lipinski definition) is 0. The summed E-state index contributed by atoms with van der Waals surface area (Å²) in [7, 11) is 6.20. The van der Waals surface area contributed by atoms with Crippen molar-refractivity contribution in [3.8, 4) is 5.75 Å². The zero-order valence-electron chi connectivity index (χ0n) is 16.1. The molecule has 2 rings (SSSR count). The normalized spacial score (nSPS) is 11.2. The Morgan fingerprint density at radius 3 is 2.19 bits per heavy atom. The predicted molar refractivity (Wildman–Crippen MR) is 106 cm³/mol. The molecule has 0 N–H and O–H groups in total. The Morgan fingerprint density at radius 2 is 1.58 bits per heavy atom. The summed E-state index contributed by atoms with van der Waals surface area (Å²) in [5.74, 6) is 0.170. The third kappa shape index (κ3) is 5.27. The molecule has 0 amide bonds. The highest BCUT2D eigenvalue weighted by Crippen LogP contribution is 2.22. The second-order valence-corrected chi connectivity index (χ2v) is 7.28. The van der Waals surface area contributed by atoms with Gasteiger partial charge in [-0.3, -0.25) is 14.1 Å². The summed E-state index contributed by atoms with van der Waals surface area (Å²) in [6.07, 6.45) is 1.80. The van der Waals surface area contributed by atoms with Crippen LogP contribution in [0.5, 0.6) is 5.75 Å². The van der Waals surface area contributed by atoms with Crippen LogP contribution in [-0.2, 0) is 0 Å². The van der Waals surface area contributed by atoms with Gasteiger partial charge in [0.05, 0.1) is 39.7 Å². The summed E-state index contributed by atoms with van der Waals surface area (Å²) < 4.78 is 6.38. The minimum Gasteiger partial charge on any atom is -0.493 e. The Labute approximate surface area is 156 Å². The SMILES string of the molecule is CCCCOc1ccccc1C(=O)CC(=O)c1ccc([N+](C)(C)C)cc1. The van der Waals surface area contributed by atoms with Gasteiger partial charge in [0.2, 0.25) is 0 Å². The van der Waals surface area contributed by atoms with Gasteiger partial charge in [0.15, 0.2) is 11.6 Å². The van der Waals surface area contributed by atoms with E-state index < -0.39 is 0 Å². The number of Topliss-reactive ketones (excluding diaryl/α,β-unsaturated/α-hetero) is 2. The quantitative estimate of drug-likeness (QED) is 0.288. The lowest BCUT2D eigenvalue weighted by Gasteiger charge is -2.23. The van der Waals surface area contributed by atoms with Crippen molar-refractivity contribution in [2.45, 2.75) is 26.2 Å². The van der Waals surface area contributed by atoms with Gasteiger partial charge >= 0.3 is 0 Å². The molecule has 0 heterocycles. The van der Waals surface area contributed by atoms with E-state index in [-0.39, 0.29) is 18.0 Å². The molecule has 2 aromatic carbocycles. The van der Waals surface area contributed by atoms with Crippen LogP contribution < -0.4 is 9.22 Å². The molecule has 0 aliphatic rings. The van der Waals surface area contributed by atoms with Crippen LogP contribution in [0, 0.1) is 0 Å². The van der Waals surface area contributed by atoms with Gasteiger partial charge in [-0.1, -0.05) is 25.5 Å². The molecule has 2 aromatic rings. The van der Waals surface area contributed by atoms with E-state index in [4.69, 9.17) is 4.74 Å². The van der Waals surface area contributed by atoms with Crippen molar-refractivity contribution >= 4 is 17.3 Å². The maximum atomic E-state index is 12.6. The first-order valence-electron chi connectivity index (χ1n) is 9.03. The van der Waals surface area contributed by atoms with Crippen molar-refractivity contribution in [3.05, 3.63) is 59.7 Å². The molecule has 138 valence electrons. The van der Waals surface area contributed by atoms with Crippen molar-refractivity contribution in [1.82, 2.24) is 4.48 Å². The third-order valence-corrected chi connectivity index (χ3v) is 4.23. The Hall–Kier alpha value is -2.46. The summed E-state index contributed by atoms with van der Waals surface area (Å²) in [6.45, 7) is 2.66. The number of carbonyl (C=O) groups is 2. The lowest BCUT2D eigenvalue weighted by molar-refractivity contribution is 0.0892. The van der Waals surface area contributed by atoms with E-state index in [2.05, 4.69) is 28.1 Å². The number of para-hydroxylation sites is 1. The number of carbonyl (C=O) groups excluding carboxylic acids is 2. The molecule has 0 saturated carbocycles. The number of ether oxygens (including phenoxy) is 1. The van der Waals surface area contributed by atoms with Crippen LogP contribution >= 0.6 is 0 Å². The van der Waals surface area contributed by atoms with Crippen LogP contribution in [0.3, 0.4) is 0 Å². The fourth-order valence-corrected chi connectivity index (χ4v) is 2.59. The number of rotatable bonds is 9. The van der Waals surface area contributed by atoms with Crippen molar-refractivity contribution in [2.24, 2.45) is 0 Å². The minimum atomic E-state index is -0.210. The van der Waals surface area contributed by atoms with Gasteiger partial charge in [-0.15, -0.1) is 0 Å². The molecule has 0 aromatic heterocycles. The molecule has 0 spiro atoms. The first kappa shape index (κ1) is 19.9. The highest BCUT2D eigenvalue weighted by Gasteiger charge is 2.18. The summed E-state index contributed by atoms with van der Waals surface area (Å²) in [5.41, 5.74) is 2.13.